The SMILES string of the molecule is Cc1cc(F)ccc1-c1nc(N[C@@H](C)CO)nc2c1ccc(=O)n2-c1c(F)cccc1F. The molecule has 0 amide bonds. The largest absolute Gasteiger partial charge is 0.394 e. The molecular formula is C23H19F3N4O2. The number of fused-ring (bicyclic) bond motifs is 1. The quantitative estimate of drug-likeness (QED) is 0.491. The van der Waals surface area contributed by atoms with Gasteiger partial charge in [0.15, 0.2) is 5.65 Å². The van der Waals surface area contributed by atoms with E-state index in [9.17, 15) is 23.1 Å². The third-order valence-corrected chi connectivity index (χ3v) is 5.00. The second-order valence-electron chi connectivity index (χ2n) is 7.40. The van der Waals surface area contributed by atoms with Crippen LogP contribution >= 0.6 is 0 Å². The van der Waals surface area contributed by atoms with Gasteiger partial charge in [-0.3, -0.25) is 9.36 Å². The number of hydrogen-bond donors (Lipinski definition) is 2. The number of halogens is 3. The first kappa shape index (κ1) is 21.5. The second-order valence-corrected chi connectivity index (χ2v) is 7.40. The smallest absolute Gasteiger partial charge is 0.256 e. The van der Waals surface area contributed by atoms with E-state index < -0.39 is 34.7 Å². The first-order valence-corrected chi connectivity index (χ1v) is 9.82. The third-order valence-electron chi connectivity index (χ3n) is 5.00. The highest BCUT2D eigenvalue weighted by Crippen LogP contribution is 2.31. The van der Waals surface area contributed by atoms with Crippen molar-refractivity contribution in [2.45, 2.75) is 19.9 Å². The number of nitrogens with one attached hydrogen (secondary N) is 1. The van der Waals surface area contributed by atoms with E-state index in [0.29, 0.717) is 22.2 Å². The Kier molecular flexibility index (Phi) is 5.67. The zero-order valence-corrected chi connectivity index (χ0v) is 17.2. The fourth-order valence-electron chi connectivity index (χ4n) is 3.46. The van der Waals surface area contributed by atoms with E-state index in [1.54, 1.807) is 13.8 Å². The lowest BCUT2D eigenvalue weighted by molar-refractivity contribution is 0.281. The van der Waals surface area contributed by atoms with E-state index in [1.807, 2.05) is 0 Å². The molecule has 32 heavy (non-hydrogen) atoms. The molecule has 4 aromatic rings. The van der Waals surface area contributed by atoms with Crippen LogP contribution in [0.25, 0.3) is 28.0 Å². The molecule has 0 saturated heterocycles. The van der Waals surface area contributed by atoms with Crippen molar-refractivity contribution in [1.29, 1.82) is 0 Å². The average molecular weight is 440 g/mol. The summed E-state index contributed by atoms with van der Waals surface area (Å²) in [6, 6.07) is 9.61. The zero-order chi connectivity index (χ0) is 23.0. The van der Waals surface area contributed by atoms with Crippen molar-refractivity contribution >= 4 is 17.0 Å². The molecule has 0 aliphatic carbocycles. The molecule has 0 aliphatic rings. The molecular weight excluding hydrogens is 421 g/mol. The Balaban J connectivity index is 2.12. The van der Waals surface area contributed by atoms with Gasteiger partial charge in [0.2, 0.25) is 5.95 Å². The van der Waals surface area contributed by atoms with Crippen LogP contribution in [0.2, 0.25) is 0 Å². The minimum absolute atomic E-state index is 0.0360. The summed E-state index contributed by atoms with van der Waals surface area (Å²) in [6.07, 6.45) is 0. The summed E-state index contributed by atoms with van der Waals surface area (Å²) in [4.78, 5) is 21.6. The Hall–Kier alpha value is -3.72. The highest BCUT2D eigenvalue weighted by atomic mass is 19.1. The molecule has 2 aromatic carbocycles. The Morgan fingerprint density at radius 1 is 1.06 bits per heavy atom. The molecule has 6 nitrogen and oxygen atoms in total. The van der Waals surface area contributed by atoms with Crippen LogP contribution in [0.4, 0.5) is 19.1 Å². The number of aliphatic hydroxyl groups excluding tert-OH is 1. The summed E-state index contributed by atoms with van der Waals surface area (Å²) >= 11 is 0. The maximum Gasteiger partial charge on any atom is 0.256 e. The lowest BCUT2D eigenvalue weighted by atomic mass is 10.0. The highest BCUT2D eigenvalue weighted by molar-refractivity contribution is 5.93. The first-order chi connectivity index (χ1) is 15.3. The summed E-state index contributed by atoms with van der Waals surface area (Å²) in [7, 11) is 0. The van der Waals surface area contributed by atoms with Gasteiger partial charge in [0.05, 0.1) is 12.3 Å². The van der Waals surface area contributed by atoms with E-state index in [0.717, 1.165) is 16.7 Å². The number of pyridine rings is 1. The topological polar surface area (TPSA) is 80.0 Å². The lowest BCUT2D eigenvalue weighted by Gasteiger charge is -2.17. The van der Waals surface area contributed by atoms with Crippen molar-refractivity contribution < 1.29 is 18.3 Å². The van der Waals surface area contributed by atoms with Crippen molar-refractivity contribution in [2.24, 2.45) is 0 Å². The van der Waals surface area contributed by atoms with Crippen LogP contribution in [-0.4, -0.2) is 32.3 Å². The highest BCUT2D eigenvalue weighted by Gasteiger charge is 2.20. The summed E-state index contributed by atoms with van der Waals surface area (Å²) in [5.41, 5.74) is 0.167. The van der Waals surface area contributed by atoms with E-state index in [-0.39, 0.29) is 18.2 Å². The van der Waals surface area contributed by atoms with Gasteiger partial charge in [-0.25, -0.2) is 18.2 Å². The molecule has 0 radical (unpaired) electrons. The van der Waals surface area contributed by atoms with Gasteiger partial charge in [-0.1, -0.05) is 6.07 Å². The monoisotopic (exact) mass is 440 g/mol. The van der Waals surface area contributed by atoms with Crippen LogP contribution in [0.15, 0.2) is 53.3 Å². The Morgan fingerprint density at radius 3 is 2.44 bits per heavy atom. The summed E-state index contributed by atoms with van der Waals surface area (Å²) < 4.78 is 43.8. The number of nitrogens with zero attached hydrogens (tertiary/aromatic N) is 3. The Bertz CT molecular complexity index is 1370. The van der Waals surface area contributed by atoms with Crippen molar-refractivity contribution in [3.63, 3.8) is 0 Å². The van der Waals surface area contributed by atoms with E-state index in [1.165, 1.54) is 36.4 Å². The molecule has 0 bridgehead atoms. The minimum atomic E-state index is -0.934. The van der Waals surface area contributed by atoms with Crippen molar-refractivity contribution in [3.8, 4) is 16.9 Å². The van der Waals surface area contributed by atoms with Crippen LogP contribution in [0.1, 0.15) is 12.5 Å². The Labute approximate surface area is 181 Å². The van der Waals surface area contributed by atoms with Crippen LogP contribution in [-0.2, 0) is 0 Å². The minimum Gasteiger partial charge on any atom is -0.394 e. The number of aryl methyl sites for hydroxylation is 1. The van der Waals surface area contributed by atoms with Crippen molar-refractivity contribution in [1.82, 2.24) is 14.5 Å². The molecule has 164 valence electrons. The number of aromatic nitrogens is 3. The van der Waals surface area contributed by atoms with Crippen molar-refractivity contribution in [2.75, 3.05) is 11.9 Å². The fourth-order valence-corrected chi connectivity index (χ4v) is 3.46. The van der Waals surface area contributed by atoms with Gasteiger partial charge in [0.25, 0.3) is 5.56 Å². The maximum atomic E-state index is 14.6. The number of anilines is 1. The van der Waals surface area contributed by atoms with E-state index >= 15 is 0 Å². The molecule has 0 saturated carbocycles. The van der Waals surface area contributed by atoms with Crippen LogP contribution in [0, 0.1) is 24.4 Å². The first-order valence-electron chi connectivity index (χ1n) is 9.82. The van der Waals surface area contributed by atoms with Crippen LogP contribution in [0.3, 0.4) is 0 Å². The van der Waals surface area contributed by atoms with Gasteiger partial charge in [-0.15, -0.1) is 0 Å². The number of benzene rings is 2. The molecule has 4 rings (SSSR count). The second kappa shape index (κ2) is 8.43. The zero-order valence-electron chi connectivity index (χ0n) is 17.2. The van der Waals surface area contributed by atoms with E-state index in [2.05, 4.69) is 15.3 Å². The maximum absolute atomic E-state index is 14.6. The predicted octanol–water partition coefficient (Wildman–Crippen LogP) is 3.97. The molecule has 2 aromatic heterocycles. The molecule has 1 atom stereocenters. The van der Waals surface area contributed by atoms with Gasteiger partial charge in [-0.05, 0) is 55.8 Å². The van der Waals surface area contributed by atoms with Gasteiger partial charge >= 0.3 is 0 Å². The van der Waals surface area contributed by atoms with Gasteiger partial charge in [-0.2, -0.15) is 4.98 Å². The number of rotatable bonds is 5. The molecule has 2 N–H and O–H groups in total. The molecule has 2 heterocycles. The fraction of sp³-hybridized carbons (Fsp3) is 0.174. The van der Waals surface area contributed by atoms with Crippen LogP contribution in [0.5, 0.6) is 0 Å². The van der Waals surface area contributed by atoms with Gasteiger partial charge in [0, 0.05) is 23.1 Å². The van der Waals surface area contributed by atoms with E-state index in [4.69, 9.17) is 0 Å². The number of hydrogen-bond acceptors (Lipinski definition) is 5. The molecule has 0 fully saturated rings. The lowest BCUT2D eigenvalue weighted by Crippen LogP contribution is -2.24. The predicted molar refractivity (Wildman–Crippen MR) is 115 cm³/mol. The number of aliphatic hydroxyl groups is 1. The third kappa shape index (κ3) is 3.82. The average Bonchev–Trinajstić information content (AvgIpc) is 2.74. The summed E-state index contributed by atoms with van der Waals surface area (Å²) in [5, 5.41) is 12.6. The normalized spacial score (nSPS) is 12.2. The summed E-state index contributed by atoms with van der Waals surface area (Å²) in [6.45, 7) is 3.16. The summed E-state index contributed by atoms with van der Waals surface area (Å²) in [5.74, 6) is -2.26. The van der Waals surface area contributed by atoms with Gasteiger partial charge in [0.1, 0.15) is 23.1 Å². The molecule has 0 spiro atoms. The Morgan fingerprint density at radius 2 is 1.78 bits per heavy atom. The standard InChI is InChI=1S/C23H19F3N4O2/c1-12-10-14(24)6-7-15(12)20-16-8-9-19(32)30(21-17(25)4-3-5-18(21)26)22(16)29-23(28-20)27-13(2)11-31/h3-10,13,31H,11H2,1-2H3,(H,27,28,29)/t13-/m0/s1. The number of para-hydroxylation sites is 1. The van der Waals surface area contributed by atoms with Crippen LogP contribution < -0.4 is 10.9 Å². The molecule has 9 heteroatoms. The van der Waals surface area contributed by atoms with Crippen molar-refractivity contribution in [3.05, 3.63) is 81.9 Å². The molecule has 0 aliphatic heterocycles. The van der Waals surface area contributed by atoms with Gasteiger partial charge < -0.3 is 10.4 Å². The molecule has 0 unspecified atom stereocenters.